The first-order valence-corrected chi connectivity index (χ1v) is 7.24. The highest BCUT2D eigenvalue weighted by molar-refractivity contribution is 5.96. The Bertz CT molecular complexity index is 917. The number of anilines is 2. The number of halogens is 1. The average molecular weight is 312 g/mol. The summed E-state index contributed by atoms with van der Waals surface area (Å²) < 4.78 is 18.3. The molecule has 1 aromatic heterocycles. The highest BCUT2D eigenvalue weighted by Crippen LogP contribution is 2.32. The minimum atomic E-state index is -0.417. The first-order chi connectivity index (χ1) is 11.0. The van der Waals surface area contributed by atoms with Gasteiger partial charge in [-0.25, -0.2) is 9.18 Å². The monoisotopic (exact) mass is 312 g/mol. The Morgan fingerprint density at radius 2 is 1.87 bits per heavy atom. The third-order valence-corrected chi connectivity index (χ3v) is 3.88. The van der Waals surface area contributed by atoms with Crippen LogP contribution in [0.4, 0.5) is 15.8 Å². The van der Waals surface area contributed by atoms with Gasteiger partial charge in [0.25, 0.3) is 0 Å². The fourth-order valence-corrected chi connectivity index (χ4v) is 2.68. The number of nitrogen functional groups attached to an aromatic ring is 1. The number of nitrogens with zero attached hydrogens (tertiary/aromatic N) is 1. The zero-order valence-corrected chi connectivity index (χ0v) is 13.0. The maximum atomic E-state index is 13.0. The summed E-state index contributed by atoms with van der Waals surface area (Å²) >= 11 is 0. The summed E-state index contributed by atoms with van der Waals surface area (Å²) in [4.78, 5) is 13.5. The van der Waals surface area contributed by atoms with E-state index in [0.29, 0.717) is 17.8 Å². The Balaban J connectivity index is 2.00. The number of fused-ring (bicyclic) bond motifs is 1. The summed E-state index contributed by atoms with van der Waals surface area (Å²) in [5.41, 5.74) is 9.16. The molecule has 0 unspecified atom stereocenters. The van der Waals surface area contributed by atoms with Crippen molar-refractivity contribution < 1.29 is 8.81 Å². The standard InChI is InChI=1S/C18H17FN2O2/c1-11-9-16(22)23-18-14(11)7-8-15(17(18)20)21(2)10-12-3-5-13(19)6-4-12/h3-9H,10,20H2,1-2H3. The summed E-state index contributed by atoms with van der Waals surface area (Å²) in [5, 5.41) is 0.820. The Kier molecular flexibility index (Phi) is 3.78. The van der Waals surface area contributed by atoms with Crippen molar-refractivity contribution in [2.24, 2.45) is 0 Å². The molecule has 0 aliphatic carbocycles. The van der Waals surface area contributed by atoms with Gasteiger partial charge in [-0.1, -0.05) is 12.1 Å². The van der Waals surface area contributed by atoms with Crippen molar-refractivity contribution >= 4 is 22.3 Å². The van der Waals surface area contributed by atoms with Gasteiger partial charge < -0.3 is 15.1 Å². The van der Waals surface area contributed by atoms with Crippen LogP contribution in [0.5, 0.6) is 0 Å². The largest absolute Gasteiger partial charge is 0.420 e. The Morgan fingerprint density at radius 3 is 2.57 bits per heavy atom. The van der Waals surface area contributed by atoms with Crippen LogP contribution in [0.2, 0.25) is 0 Å². The van der Waals surface area contributed by atoms with Crippen molar-refractivity contribution in [2.75, 3.05) is 17.7 Å². The smallest absolute Gasteiger partial charge is 0.336 e. The van der Waals surface area contributed by atoms with Crippen molar-refractivity contribution in [2.45, 2.75) is 13.5 Å². The molecule has 1 heterocycles. The minimum Gasteiger partial charge on any atom is -0.420 e. The minimum absolute atomic E-state index is 0.265. The van der Waals surface area contributed by atoms with Crippen LogP contribution in [-0.2, 0) is 6.54 Å². The molecule has 23 heavy (non-hydrogen) atoms. The van der Waals surface area contributed by atoms with Crippen LogP contribution < -0.4 is 16.3 Å². The number of hydrogen-bond acceptors (Lipinski definition) is 4. The zero-order chi connectivity index (χ0) is 16.6. The lowest BCUT2D eigenvalue weighted by atomic mass is 10.1. The van der Waals surface area contributed by atoms with Gasteiger partial charge >= 0.3 is 5.63 Å². The van der Waals surface area contributed by atoms with Gasteiger partial charge in [0.1, 0.15) is 5.82 Å². The van der Waals surface area contributed by atoms with Gasteiger partial charge in [0.15, 0.2) is 5.58 Å². The number of rotatable bonds is 3. The van der Waals surface area contributed by atoms with Gasteiger partial charge in [0.2, 0.25) is 0 Å². The second-order valence-electron chi connectivity index (χ2n) is 5.61. The molecule has 0 radical (unpaired) electrons. The van der Waals surface area contributed by atoms with Crippen LogP contribution in [0.15, 0.2) is 51.7 Å². The molecule has 0 aliphatic rings. The predicted molar refractivity (Wildman–Crippen MR) is 90.1 cm³/mol. The van der Waals surface area contributed by atoms with E-state index in [2.05, 4.69) is 0 Å². The van der Waals surface area contributed by atoms with E-state index >= 15 is 0 Å². The lowest BCUT2D eigenvalue weighted by Crippen LogP contribution is -2.18. The Morgan fingerprint density at radius 1 is 1.17 bits per heavy atom. The van der Waals surface area contributed by atoms with E-state index in [4.69, 9.17) is 10.2 Å². The molecular formula is C18H17FN2O2. The summed E-state index contributed by atoms with van der Waals surface area (Å²) in [7, 11) is 1.88. The Hall–Kier alpha value is -2.82. The molecule has 0 aliphatic heterocycles. The topological polar surface area (TPSA) is 59.5 Å². The maximum absolute atomic E-state index is 13.0. The molecule has 0 atom stereocenters. The SMILES string of the molecule is Cc1cc(=O)oc2c(N)c(N(C)Cc3ccc(F)cc3)ccc12. The molecule has 118 valence electrons. The lowest BCUT2D eigenvalue weighted by Gasteiger charge is -2.22. The molecule has 2 aromatic carbocycles. The molecule has 3 aromatic rings. The van der Waals surface area contributed by atoms with Crippen molar-refractivity contribution in [3.8, 4) is 0 Å². The fourth-order valence-electron chi connectivity index (χ4n) is 2.68. The first kappa shape index (κ1) is 15.1. The average Bonchev–Trinajstić information content (AvgIpc) is 2.50. The second kappa shape index (κ2) is 5.76. The highest BCUT2D eigenvalue weighted by Gasteiger charge is 2.13. The van der Waals surface area contributed by atoms with E-state index in [1.54, 1.807) is 12.1 Å². The second-order valence-corrected chi connectivity index (χ2v) is 5.61. The number of benzene rings is 2. The van der Waals surface area contributed by atoms with Crippen LogP contribution in [0, 0.1) is 12.7 Å². The number of aryl methyl sites for hydroxylation is 1. The molecule has 3 rings (SSSR count). The molecule has 0 amide bonds. The molecule has 0 fully saturated rings. The van der Waals surface area contributed by atoms with Crippen LogP contribution in [-0.4, -0.2) is 7.05 Å². The van der Waals surface area contributed by atoms with E-state index in [1.165, 1.54) is 18.2 Å². The van der Waals surface area contributed by atoms with E-state index in [-0.39, 0.29) is 5.82 Å². The zero-order valence-electron chi connectivity index (χ0n) is 13.0. The summed E-state index contributed by atoms with van der Waals surface area (Å²) in [6.45, 7) is 2.41. The maximum Gasteiger partial charge on any atom is 0.336 e. The normalized spacial score (nSPS) is 10.9. The molecule has 0 saturated heterocycles. The van der Waals surface area contributed by atoms with Crippen molar-refractivity contribution in [1.29, 1.82) is 0 Å². The van der Waals surface area contributed by atoms with Gasteiger partial charge in [-0.2, -0.15) is 0 Å². The molecular weight excluding hydrogens is 295 g/mol. The van der Waals surface area contributed by atoms with Gasteiger partial charge in [-0.15, -0.1) is 0 Å². The Labute approximate surface area is 132 Å². The van der Waals surface area contributed by atoms with Crippen LogP contribution in [0.25, 0.3) is 11.0 Å². The van der Waals surface area contributed by atoms with E-state index < -0.39 is 5.63 Å². The third-order valence-electron chi connectivity index (χ3n) is 3.88. The van der Waals surface area contributed by atoms with E-state index in [1.807, 2.05) is 31.0 Å². The summed E-state index contributed by atoms with van der Waals surface area (Å²) in [6.07, 6.45) is 0. The van der Waals surface area contributed by atoms with Crippen molar-refractivity contribution in [3.05, 3.63) is 69.8 Å². The van der Waals surface area contributed by atoms with Gasteiger partial charge in [0.05, 0.1) is 11.4 Å². The van der Waals surface area contributed by atoms with Gasteiger partial charge in [-0.05, 0) is 42.3 Å². The summed E-state index contributed by atoms with van der Waals surface area (Å²) in [6, 6.07) is 11.5. The van der Waals surface area contributed by atoms with Gasteiger partial charge in [-0.3, -0.25) is 0 Å². The van der Waals surface area contributed by atoms with Crippen LogP contribution in [0.1, 0.15) is 11.1 Å². The quantitative estimate of drug-likeness (QED) is 0.594. The summed E-state index contributed by atoms with van der Waals surface area (Å²) in [5.74, 6) is -0.265. The molecule has 4 nitrogen and oxygen atoms in total. The van der Waals surface area contributed by atoms with Crippen molar-refractivity contribution in [3.63, 3.8) is 0 Å². The van der Waals surface area contributed by atoms with Crippen LogP contribution >= 0.6 is 0 Å². The predicted octanol–water partition coefficient (Wildman–Crippen LogP) is 3.46. The molecule has 0 saturated carbocycles. The third kappa shape index (κ3) is 2.90. The highest BCUT2D eigenvalue weighted by atomic mass is 19.1. The van der Waals surface area contributed by atoms with Crippen LogP contribution in [0.3, 0.4) is 0 Å². The van der Waals surface area contributed by atoms with E-state index in [9.17, 15) is 9.18 Å². The lowest BCUT2D eigenvalue weighted by molar-refractivity contribution is 0.561. The fraction of sp³-hybridized carbons (Fsp3) is 0.167. The van der Waals surface area contributed by atoms with E-state index in [0.717, 1.165) is 22.2 Å². The number of nitrogens with two attached hydrogens (primary N) is 1. The molecule has 5 heteroatoms. The molecule has 0 spiro atoms. The number of hydrogen-bond donors (Lipinski definition) is 1. The van der Waals surface area contributed by atoms with Crippen molar-refractivity contribution in [1.82, 2.24) is 0 Å². The molecule has 2 N–H and O–H groups in total. The van der Waals surface area contributed by atoms with Gasteiger partial charge in [0, 0.05) is 25.0 Å². The first-order valence-electron chi connectivity index (χ1n) is 7.24. The molecule has 0 bridgehead atoms.